The van der Waals surface area contributed by atoms with Gasteiger partial charge in [0.1, 0.15) is 17.2 Å². The van der Waals surface area contributed by atoms with Gasteiger partial charge in [0, 0.05) is 42.7 Å². The van der Waals surface area contributed by atoms with Gasteiger partial charge >= 0.3 is 12.1 Å². The van der Waals surface area contributed by atoms with Crippen LogP contribution in [0, 0.1) is 0 Å². The SMILES string of the molecule is COC(=O)[C@H](CCCCNC(=O)OC(C)(C)C)N1CC[C@@]2(Cc3c([nH]c4ccccc34)CN2)C1=O. The predicted octanol–water partition coefficient (Wildman–Crippen LogP) is 3.02. The summed E-state index contributed by atoms with van der Waals surface area (Å²) in [6.07, 6.45) is 2.57. The maximum atomic E-state index is 13.7. The number of aromatic amines is 1. The van der Waals surface area contributed by atoms with Crippen LogP contribution in [0.1, 0.15) is 57.7 Å². The van der Waals surface area contributed by atoms with E-state index in [1.807, 2.05) is 39.0 Å². The first-order chi connectivity index (χ1) is 16.6. The van der Waals surface area contributed by atoms with Crippen LogP contribution in [0.5, 0.6) is 0 Å². The summed E-state index contributed by atoms with van der Waals surface area (Å²) < 4.78 is 10.3. The summed E-state index contributed by atoms with van der Waals surface area (Å²) in [4.78, 5) is 43.3. The Hall–Kier alpha value is -3.07. The Labute approximate surface area is 205 Å². The van der Waals surface area contributed by atoms with Gasteiger partial charge in [-0.3, -0.25) is 10.1 Å². The molecule has 0 radical (unpaired) electrons. The van der Waals surface area contributed by atoms with Gasteiger partial charge in [-0.15, -0.1) is 0 Å². The molecule has 1 fully saturated rings. The van der Waals surface area contributed by atoms with Crippen LogP contribution >= 0.6 is 0 Å². The standard InChI is InChI=1S/C26H36N4O5/c1-25(2,3)35-24(33)27-13-8-7-11-21(22(31)34-4)30-14-12-26(23(30)32)15-18-17-9-5-6-10-19(17)29-20(18)16-28-26/h5-6,9-10,21,28-29H,7-8,11-16H2,1-4H3,(H,27,33)/t21-,26+/m0/s1. The summed E-state index contributed by atoms with van der Waals surface area (Å²) in [5.74, 6) is -0.449. The van der Waals surface area contributed by atoms with Crippen molar-refractivity contribution in [1.82, 2.24) is 20.5 Å². The fourth-order valence-electron chi connectivity index (χ4n) is 5.15. The Morgan fingerprint density at radius 1 is 1.23 bits per heavy atom. The molecule has 2 amide bonds. The Bertz CT molecular complexity index is 1100. The first-order valence-corrected chi connectivity index (χ1v) is 12.3. The number of alkyl carbamates (subject to hydrolysis) is 1. The molecule has 0 bridgehead atoms. The van der Waals surface area contributed by atoms with Crippen molar-refractivity contribution in [3.63, 3.8) is 0 Å². The minimum absolute atomic E-state index is 0.0456. The van der Waals surface area contributed by atoms with E-state index in [4.69, 9.17) is 9.47 Å². The summed E-state index contributed by atoms with van der Waals surface area (Å²) in [5, 5.41) is 7.36. The number of likely N-dealkylation sites (tertiary alicyclic amines) is 1. The molecule has 4 rings (SSSR count). The molecule has 2 aromatic rings. The zero-order chi connectivity index (χ0) is 25.2. The van der Waals surface area contributed by atoms with Crippen LogP contribution in [0.25, 0.3) is 10.9 Å². The van der Waals surface area contributed by atoms with Gasteiger partial charge in [-0.2, -0.15) is 0 Å². The minimum Gasteiger partial charge on any atom is -0.467 e. The highest BCUT2D eigenvalue weighted by Crippen LogP contribution is 2.37. The monoisotopic (exact) mass is 484 g/mol. The molecular weight excluding hydrogens is 448 g/mol. The van der Waals surface area contributed by atoms with Crippen LogP contribution < -0.4 is 10.6 Å². The van der Waals surface area contributed by atoms with E-state index in [0.717, 1.165) is 16.6 Å². The molecule has 1 saturated heterocycles. The number of hydrogen-bond donors (Lipinski definition) is 3. The molecule has 0 saturated carbocycles. The number of fused-ring (bicyclic) bond motifs is 3. The maximum Gasteiger partial charge on any atom is 0.407 e. The van der Waals surface area contributed by atoms with E-state index in [9.17, 15) is 14.4 Å². The van der Waals surface area contributed by atoms with Crippen molar-refractivity contribution < 1.29 is 23.9 Å². The number of nitrogens with zero attached hydrogens (tertiary/aromatic N) is 1. The van der Waals surface area contributed by atoms with E-state index < -0.39 is 29.2 Å². The van der Waals surface area contributed by atoms with Crippen LogP contribution in [0.2, 0.25) is 0 Å². The third-order valence-electron chi connectivity index (χ3n) is 6.86. The summed E-state index contributed by atoms with van der Waals surface area (Å²) in [6, 6.07) is 7.51. The van der Waals surface area contributed by atoms with Crippen molar-refractivity contribution in [1.29, 1.82) is 0 Å². The number of amides is 2. The van der Waals surface area contributed by atoms with Gasteiger partial charge in [0.2, 0.25) is 5.91 Å². The lowest BCUT2D eigenvalue weighted by molar-refractivity contribution is -0.152. The first kappa shape index (κ1) is 25.0. The quantitative estimate of drug-likeness (QED) is 0.411. The number of H-pyrrole nitrogens is 1. The van der Waals surface area contributed by atoms with E-state index in [2.05, 4.69) is 21.7 Å². The molecule has 3 N–H and O–H groups in total. The molecule has 0 unspecified atom stereocenters. The number of aromatic nitrogens is 1. The second-order valence-electron chi connectivity index (χ2n) is 10.5. The summed E-state index contributed by atoms with van der Waals surface area (Å²) in [6.45, 7) is 6.96. The van der Waals surface area contributed by atoms with Crippen molar-refractivity contribution in [3.05, 3.63) is 35.5 Å². The number of unbranched alkanes of at least 4 members (excludes halogenated alkanes) is 1. The number of benzene rings is 1. The average Bonchev–Trinajstić information content (AvgIpc) is 3.32. The van der Waals surface area contributed by atoms with Gasteiger partial charge in [-0.1, -0.05) is 18.2 Å². The molecule has 35 heavy (non-hydrogen) atoms. The molecule has 1 aromatic heterocycles. The molecule has 2 aliphatic rings. The number of hydrogen-bond acceptors (Lipinski definition) is 6. The maximum absolute atomic E-state index is 13.7. The van der Waals surface area contributed by atoms with E-state index in [1.54, 1.807) is 4.90 Å². The van der Waals surface area contributed by atoms with E-state index in [1.165, 1.54) is 12.7 Å². The fraction of sp³-hybridized carbons (Fsp3) is 0.577. The molecule has 9 nitrogen and oxygen atoms in total. The van der Waals surface area contributed by atoms with Crippen molar-refractivity contribution in [3.8, 4) is 0 Å². The van der Waals surface area contributed by atoms with Gasteiger partial charge in [0.25, 0.3) is 0 Å². The largest absolute Gasteiger partial charge is 0.467 e. The topological polar surface area (TPSA) is 113 Å². The summed E-state index contributed by atoms with van der Waals surface area (Å²) >= 11 is 0. The third-order valence-corrected chi connectivity index (χ3v) is 6.86. The molecule has 2 atom stereocenters. The zero-order valence-electron chi connectivity index (χ0n) is 21.0. The number of carbonyl (C=O) groups excluding carboxylic acids is 3. The zero-order valence-corrected chi connectivity index (χ0v) is 21.0. The van der Waals surface area contributed by atoms with Crippen molar-refractivity contribution >= 4 is 28.9 Å². The minimum atomic E-state index is -0.706. The molecule has 2 aliphatic heterocycles. The third kappa shape index (κ3) is 5.29. The lowest BCUT2D eigenvalue weighted by atomic mass is 9.84. The predicted molar refractivity (Wildman–Crippen MR) is 132 cm³/mol. The highest BCUT2D eigenvalue weighted by molar-refractivity contribution is 5.94. The van der Waals surface area contributed by atoms with E-state index in [0.29, 0.717) is 51.7 Å². The summed E-state index contributed by atoms with van der Waals surface area (Å²) in [5.41, 5.74) is 2.11. The first-order valence-electron chi connectivity index (χ1n) is 12.3. The second kappa shape index (κ2) is 9.89. The number of rotatable bonds is 7. The number of para-hydroxylation sites is 1. The fourth-order valence-corrected chi connectivity index (χ4v) is 5.15. The van der Waals surface area contributed by atoms with Crippen molar-refractivity contribution in [2.75, 3.05) is 20.2 Å². The molecular formula is C26H36N4O5. The molecule has 3 heterocycles. The number of nitrogens with one attached hydrogen (secondary N) is 3. The van der Waals surface area contributed by atoms with Crippen LogP contribution in [-0.2, 0) is 32.0 Å². The highest BCUT2D eigenvalue weighted by Gasteiger charge is 2.51. The number of ether oxygens (including phenoxy) is 2. The van der Waals surface area contributed by atoms with Gasteiger partial charge in [0.05, 0.1) is 7.11 Å². The molecule has 9 heteroatoms. The van der Waals surface area contributed by atoms with Gasteiger partial charge < -0.3 is 24.7 Å². The lowest BCUT2D eigenvalue weighted by Gasteiger charge is -2.34. The van der Waals surface area contributed by atoms with Gasteiger partial charge in [-0.25, -0.2) is 9.59 Å². The van der Waals surface area contributed by atoms with Crippen LogP contribution in [-0.4, -0.2) is 65.2 Å². The molecule has 1 spiro atoms. The normalized spacial score (nSPS) is 20.7. The lowest BCUT2D eigenvalue weighted by Crippen LogP contribution is -2.57. The van der Waals surface area contributed by atoms with Gasteiger partial charge in [0.15, 0.2) is 0 Å². The Kier molecular flexibility index (Phi) is 7.07. The summed E-state index contributed by atoms with van der Waals surface area (Å²) in [7, 11) is 1.35. The molecule has 190 valence electrons. The van der Waals surface area contributed by atoms with E-state index >= 15 is 0 Å². The molecule has 0 aliphatic carbocycles. The Balaban J connectivity index is 1.38. The van der Waals surface area contributed by atoms with Crippen LogP contribution in [0.15, 0.2) is 24.3 Å². The molecule has 1 aromatic carbocycles. The van der Waals surface area contributed by atoms with Crippen LogP contribution in [0.3, 0.4) is 0 Å². The smallest absolute Gasteiger partial charge is 0.407 e. The Morgan fingerprint density at radius 2 is 2.00 bits per heavy atom. The van der Waals surface area contributed by atoms with Crippen LogP contribution in [0.4, 0.5) is 4.79 Å². The second-order valence-corrected chi connectivity index (χ2v) is 10.5. The number of esters is 1. The Morgan fingerprint density at radius 3 is 2.74 bits per heavy atom. The van der Waals surface area contributed by atoms with E-state index in [-0.39, 0.29) is 5.91 Å². The van der Waals surface area contributed by atoms with Gasteiger partial charge in [-0.05, 0) is 58.1 Å². The number of carbonyl (C=O) groups is 3. The number of methoxy groups -OCH3 is 1. The van der Waals surface area contributed by atoms with Crippen molar-refractivity contribution in [2.45, 2.75) is 76.6 Å². The van der Waals surface area contributed by atoms with Crippen molar-refractivity contribution in [2.24, 2.45) is 0 Å². The average molecular weight is 485 g/mol. The highest BCUT2D eigenvalue weighted by atomic mass is 16.6.